The molecule has 0 aromatic rings. The van der Waals surface area contributed by atoms with Crippen LogP contribution < -0.4 is 0 Å². The molecular formula is C13H24N2O2. The van der Waals surface area contributed by atoms with Gasteiger partial charge in [0.1, 0.15) is 0 Å². The summed E-state index contributed by atoms with van der Waals surface area (Å²) >= 11 is 0. The first-order chi connectivity index (χ1) is 7.88. The van der Waals surface area contributed by atoms with Gasteiger partial charge in [-0.2, -0.15) is 0 Å². The van der Waals surface area contributed by atoms with E-state index < -0.39 is 0 Å². The van der Waals surface area contributed by atoms with Gasteiger partial charge >= 0.3 is 0 Å². The van der Waals surface area contributed by atoms with E-state index in [-0.39, 0.29) is 17.4 Å². The van der Waals surface area contributed by atoms with Gasteiger partial charge in [-0.05, 0) is 26.7 Å². The maximum atomic E-state index is 11.9. The maximum absolute atomic E-state index is 11.9. The Balaban J connectivity index is 2.53. The molecule has 0 bridgehead atoms. The molecule has 17 heavy (non-hydrogen) atoms. The average Bonchev–Trinajstić information content (AvgIpc) is 2.13. The molecule has 2 amide bonds. The minimum Gasteiger partial charge on any atom is -0.342 e. The fraction of sp³-hybridized carbons (Fsp3) is 0.846. The third-order valence-corrected chi connectivity index (χ3v) is 3.54. The lowest BCUT2D eigenvalue weighted by Gasteiger charge is -2.39. The monoisotopic (exact) mass is 240 g/mol. The first kappa shape index (κ1) is 14.0. The van der Waals surface area contributed by atoms with E-state index >= 15 is 0 Å². The standard InChI is InChI=1S/C13H24N2O2/c1-5-7-11(16)14(4)13(2,3)10-12(17)15-8-6-9-15/h5-10H2,1-4H3. The van der Waals surface area contributed by atoms with Gasteiger partial charge in [-0.3, -0.25) is 9.59 Å². The SMILES string of the molecule is CCCC(=O)N(C)C(C)(C)CC(=O)N1CCC1. The molecule has 98 valence electrons. The van der Waals surface area contributed by atoms with E-state index in [0.717, 1.165) is 25.9 Å². The molecule has 0 atom stereocenters. The predicted molar refractivity (Wildman–Crippen MR) is 67.6 cm³/mol. The largest absolute Gasteiger partial charge is 0.342 e. The van der Waals surface area contributed by atoms with Crippen molar-refractivity contribution in [1.29, 1.82) is 0 Å². The molecule has 0 aromatic carbocycles. The van der Waals surface area contributed by atoms with Crippen molar-refractivity contribution in [2.75, 3.05) is 20.1 Å². The number of likely N-dealkylation sites (tertiary alicyclic amines) is 1. The molecule has 4 nitrogen and oxygen atoms in total. The van der Waals surface area contributed by atoms with Gasteiger partial charge in [-0.1, -0.05) is 6.92 Å². The predicted octanol–water partition coefficient (Wildman–Crippen LogP) is 1.65. The molecule has 1 rings (SSSR count). The van der Waals surface area contributed by atoms with Gasteiger partial charge in [0.15, 0.2) is 0 Å². The molecule has 1 aliphatic heterocycles. The van der Waals surface area contributed by atoms with Crippen LogP contribution in [0, 0.1) is 0 Å². The van der Waals surface area contributed by atoms with Gasteiger partial charge in [0.2, 0.25) is 11.8 Å². The van der Waals surface area contributed by atoms with E-state index in [2.05, 4.69) is 0 Å². The van der Waals surface area contributed by atoms with Crippen LogP contribution in [0.2, 0.25) is 0 Å². The van der Waals surface area contributed by atoms with Crippen molar-refractivity contribution in [1.82, 2.24) is 9.80 Å². The number of amides is 2. The van der Waals surface area contributed by atoms with Crippen LogP contribution in [-0.4, -0.2) is 47.3 Å². The Morgan fingerprint density at radius 2 is 1.88 bits per heavy atom. The first-order valence-corrected chi connectivity index (χ1v) is 6.43. The Morgan fingerprint density at radius 3 is 2.29 bits per heavy atom. The van der Waals surface area contributed by atoms with Crippen molar-refractivity contribution >= 4 is 11.8 Å². The van der Waals surface area contributed by atoms with Crippen LogP contribution in [0.3, 0.4) is 0 Å². The Morgan fingerprint density at radius 1 is 1.29 bits per heavy atom. The van der Waals surface area contributed by atoms with Crippen LogP contribution in [0.15, 0.2) is 0 Å². The lowest BCUT2D eigenvalue weighted by atomic mass is 9.96. The second-order valence-electron chi connectivity index (χ2n) is 5.43. The average molecular weight is 240 g/mol. The minimum absolute atomic E-state index is 0.119. The van der Waals surface area contributed by atoms with Crippen LogP contribution >= 0.6 is 0 Å². The summed E-state index contributed by atoms with van der Waals surface area (Å²) in [5.41, 5.74) is -0.390. The lowest BCUT2D eigenvalue weighted by Crippen LogP contribution is -2.51. The molecule has 0 spiro atoms. The van der Waals surface area contributed by atoms with Crippen LogP contribution in [0.5, 0.6) is 0 Å². The van der Waals surface area contributed by atoms with Gasteiger partial charge in [0.25, 0.3) is 0 Å². The van der Waals surface area contributed by atoms with Crippen LogP contribution in [0.1, 0.15) is 46.5 Å². The second-order valence-corrected chi connectivity index (χ2v) is 5.43. The van der Waals surface area contributed by atoms with Crippen molar-refractivity contribution in [2.45, 2.75) is 52.0 Å². The molecule has 0 N–H and O–H groups in total. The third-order valence-electron chi connectivity index (χ3n) is 3.54. The van der Waals surface area contributed by atoms with Gasteiger partial charge in [0, 0.05) is 38.5 Å². The molecule has 1 fully saturated rings. The van der Waals surface area contributed by atoms with Gasteiger partial charge in [-0.25, -0.2) is 0 Å². The zero-order valence-corrected chi connectivity index (χ0v) is 11.5. The Hall–Kier alpha value is -1.06. The van der Waals surface area contributed by atoms with E-state index in [1.165, 1.54) is 0 Å². The topological polar surface area (TPSA) is 40.6 Å². The lowest BCUT2D eigenvalue weighted by molar-refractivity contribution is -0.141. The highest BCUT2D eigenvalue weighted by molar-refractivity contribution is 5.81. The van der Waals surface area contributed by atoms with Gasteiger partial charge in [0.05, 0.1) is 0 Å². The van der Waals surface area contributed by atoms with E-state index in [9.17, 15) is 9.59 Å². The van der Waals surface area contributed by atoms with Crippen molar-refractivity contribution < 1.29 is 9.59 Å². The molecule has 1 aliphatic rings. The Kier molecular flexibility index (Phi) is 4.54. The zero-order chi connectivity index (χ0) is 13.1. The fourth-order valence-corrected chi connectivity index (χ4v) is 1.89. The zero-order valence-electron chi connectivity index (χ0n) is 11.5. The molecule has 1 heterocycles. The number of carbonyl (C=O) groups is 2. The van der Waals surface area contributed by atoms with E-state index in [4.69, 9.17) is 0 Å². The Bertz CT molecular complexity index is 296. The van der Waals surface area contributed by atoms with Crippen LogP contribution in [-0.2, 0) is 9.59 Å². The third kappa shape index (κ3) is 3.45. The summed E-state index contributed by atoms with van der Waals surface area (Å²) in [7, 11) is 1.79. The minimum atomic E-state index is -0.390. The number of nitrogens with zero attached hydrogens (tertiary/aromatic N) is 2. The summed E-state index contributed by atoms with van der Waals surface area (Å²) in [5.74, 6) is 0.284. The summed E-state index contributed by atoms with van der Waals surface area (Å²) in [6, 6.07) is 0. The Labute approximate surface area is 104 Å². The molecular weight excluding hydrogens is 216 g/mol. The summed E-state index contributed by atoms with van der Waals surface area (Å²) < 4.78 is 0. The highest BCUT2D eigenvalue weighted by Crippen LogP contribution is 2.21. The van der Waals surface area contributed by atoms with Crippen LogP contribution in [0.25, 0.3) is 0 Å². The molecule has 0 aliphatic carbocycles. The van der Waals surface area contributed by atoms with Gasteiger partial charge < -0.3 is 9.80 Å². The number of hydrogen-bond acceptors (Lipinski definition) is 2. The molecule has 4 heteroatoms. The summed E-state index contributed by atoms with van der Waals surface area (Å²) in [5, 5.41) is 0. The smallest absolute Gasteiger partial charge is 0.224 e. The van der Waals surface area contributed by atoms with Crippen molar-refractivity contribution in [3.8, 4) is 0 Å². The quantitative estimate of drug-likeness (QED) is 0.733. The van der Waals surface area contributed by atoms with Crippen molar-refractivity contribution in [2.24, 2.45) is 0 Å². The highest BCUT2D eigenvalue weighted by Gasteiger charge is 2.32. The molecule has 0 radical (unpaired) electrons. The summed E-state index contributed by atoms with van der Waals surface area (Å²) in [6.07, 6.45) is 2.92. The highest BCUT2D eigenvalue weighted by atomic mass is 16.2. The first-order valence-electron chi connectivity index (χ1n) is 6.43. The number of rotatable bonds is 5. The van der Waals surface area contributed by atoms with Gasteiger partial charge in [-0.15, -0.1) is 0 Å². The van der Waals surface area contributed by atoms with Crippen molar-refractivity contribution in [3.63, 3.8) is 0 Å². The molecule has 0 aromatic heterocycles. The number of carbonyl (C=O) groups excluding carboxylic acids is 2. The van der Waals surface area contributed by atoms with E-state index in [1.54, 1.807) is 11.9 Å². The van der Waals surface area contributed by atoms with E-state index in [0.29, 0.717) is 12.8 Å². The number of hydrogen-bond donors (Lipinski definition) is 0. The summed E-state index contributed by atoms with van der Waals surface area (Å²) in [4.78, 5) is 27.3. The fourth-order valence-electron chi connectivity index (χ4n) is 1.89. The molecule has 1 saturated heterocycles. The second kappa shape index (κ2) is 5.52. The van der Waals surface area contributed by atoms with Crippen LogP contribution in [0.4, 0.5) is 0 Å². The normalized spacial score (nSPS) is 15.4. The maximum Gasteiger partial charge on any atom is 0.224 e. The molecule has 0 saturated carbocycles. The molecule has 0 unspecified atom stereocenters. The van der Waals surface area contributed by atoms with E-state index in [1.807, 2.05) is 25.7 Å². The summed E-state index contributed by atoms with van der Waals surface area (Å²) in [6.45, 7) is 7.66. The van der Waals surface area contributed by atoms with Crippen molar-refractivity contribution in [3.05, 3.63) is 0 Å².